The van der Waals surface area contributed by atoms with E-state index in [0.29, 0.717) is 4.47 Å². The van der Waals surface area contributed by atoms with Gasteiger partial charge in [-0.2, -0.15) is 0 Å². The van der Waals surface area contributed by atoms with Gasteiger partial charge in [0.05, 0.1) is 11.3 Å². The molecule has 0 bridgehead atoms. The molecule has 0 aliphatic heterocycles. The molecule has 1 aromatic carbocycles. The summed E-state index contributed by atoms with van der Waals surface area (Å²) in [5, 5.41) is 16.4. The lowest BCUT2D eigenvalue weighted by Gasteiger charge is -2.10. The molecule has 8 heteroatoms. The summed E-state index contributed by atoms with van der Waals surface area (Å²) in [5.74, 6) is -1.34. The Kier molecular flexibility index (Phi) is 5.98. The van der Waals surface area contributed by atoms with Crippen LogP contribution in [0.4, 0.5) is 10.5 Å². The Morgan fingerprint density at radius 1 is 1.30 bits per heavy atom. The minimum Gasteiger partial charge on any atom is -0.478 e. The number of carbonyl (C=O) groups excluding carboxylic acids is 2. The zero-order chi connectivity index (χ0) is 15.1. The summed E-state index contributed by atoms with van der Waals surface area (Å²) in [5.41, 5.74) is 0.152. The number of urea groups is 1. The van der Waals surface area contributed by atoms with Crippen LogP contribution in [0.3, 0.4) is 0 Å². The molecule has 0 fully saturated rings. The topological polar surface area (TPSA) is 108 Å². The van der Waals surface area contributed by atoms with E-state index in [0.717, 1.165) is 0 Å². The first-order valence-electron chi connectivity index (χ1n) is 5.72. The molecule has 1 rings (SSSR count). The summed E-state index contributed by atoms with van der Waals surface area (Å²) >= 11 is 3.16. The van der Waals surface area contributed by atoms with Crippen LogP contribution in [0.1, 0.15) is 16.8 Å². The molecule has 0 radical (unpaired) electrons. The van der Waals surface area contributed by atoms with Crippen molar-refractivity contribution in [3.8, 4) is 0 Å². The lowest BCUT2D eigenvalue weighted by Crippen LogP contribution is -2.32. The van der Waals surface area contributed by atoms with E-state index >= 15 is 0 Å². The van der Waals surface area contributed by atoms with Crippen molar-refractivity contribution in [2.45, 2.75) is 6.42 Å². The molecule has 0 saturated carbocycles. The van der Waals surface area contributed by atoms with Crippen molar-refractivity contribution < 1.29 is 19.5 Å². The first-order chi connectivity index (χ1) is 9.43. The van der Waals surface area contributed by atoms with Crippen molar-refractivity contribution in [3.63, 3.8) is 0 Å². The van der Waals surface area contributed by atoms with E-state index in [-0.39, 0.29) is 30.1 Å². The van der Waals surface area contributed by atoms with E-state index in [9.17, 15) is 14.4 Å². The first-order valence-corrected chi connectivity index (χ1v) is 6.51. The smallest absolute Gasteiger partial charge is 0.337 e. The van der Waals surface area contributed by atoms with Gasteiger partial charge in [-0.25, -0.2) is 9.59 Å². The SMILES string of the molecule is CNC(=O)CCNC(=O)Nc1ccc(Br)cc1C(=O)O. The molecule has 0 saturated heterocycles. The second kappa shape index (κ2) is 7.49. The highest BCUT2D eigenvalue weighted by atomic mass is 79.9. The number of carboxylic acid groups (broad SMARTS) is 1. The van der Waals surface area contributed by atoms with Crippen LogP contribution in [-0.2, 0) is 4.79 Å². The largest absolute Gasteiger partial charge is 0.478 e. The van der Waals surface area contributed by atoms with Crippen molar-refractivity contribution in [2.24, 2.45) is 0 Å². The minimum absolute atomic E-state index is 0.0270. The molecule has 0 aliphatic carbocycles. The molecule has 20 heavy (non-hydrogen) atoms. The molecule has 1 aromatic rings. The molecule has 4 N–H and O–H groups in total. The van der Waals surface area contributed by atoms with Gasteiger partial charge in [0, 0.05) is 24.5 Å². The Bertz CT molecular complexity index is 533. The molecule has 108 valence electrons. The number of carbonyl (C=O) groups is 3. The maximum atomic E-state index is 11.6. The van der Waals surface area contributed by atoms with Crippen LogP contribution < -0.4 is 16.0 Å². The number of hydrogen-bond donors (Lipinski definition) is 4. The van der Waals surface area contributed by atoms with Gasteiger partial charge in [0.1, 0.15) is 0 Å². The monoisotopic (exact) mass is 343 g/mol. The maximum absolute atomic E-state index is 11.6. The number of benzene rings is 1. The van der Waals surface area contributed by atoms with Gasteiger partial charge in [-0.15, -0.1) is 0 Å². The quantitative estimate of drug-likeness (QED) is 0.648. The normalized spacial score (nSPS) is 9.70. The zero-order valence-corrected chi connectivity index (χ0v) is 12.3. The molecule has 0 spiro atoms. The van der Waals surface area contributed by atoms with Crippen LogP contribution in [0, 0.1) is 0 Å². The fourth-order valence-electron chi connectivity index (χ4n) is 1.38. The fraction of sp³-hybridized carbons (Fsp3) is 0.250. The lowest BCUT2D eigenvalue weighted by atomic mass is 10.2. The van der Waals surface area contributed by atoms with Gasteiger partial charge in [0.25, 0.3) is 0 Å². The van der Waals surface area contributed by atoms with Crippen molar-refractivity contribution in [1.29, 1.82) is 0 Å². The summed E-state index contributed by atoms with van der Waals surface area (Å²) in [6.07, 6.45) is 0.149. The number of anilines is 1. The average molecular weight is 344 g/mol. The Morgan fingerprint density at radius 2 is 2.00 bits per heavy atom. The highest BCUT2D eigenvalue weighted by Gasteiger charge is 2.12. The van der Waals surface area contributed by atoms with Gasteiger partial charge in [-0.3, -0.25) is 4.79 Å². The third-order valence-corrected chi connectivity index (χ3v) is 2.87. The zero-order valence-electron chi connectivity index (χ0n) is 10.7. The van der Waals surface area contributed by atoms with Crippen LogP contribution >= 0.6 is 15.9 Å². The summed E-state index contributed by atoms with van der Waals surface area (Å²) in [7, 11) is 1.50. The lowest BCUT2D eigenvalue weighted by molar-refractivity contribution is -0.120. The van der Waals surface area contributed by atoms with Crippen LogP contribution in [-0.4, -0.2) is 36.6 Å². The van der Waals surface area contributed by atoms with Crippen molar-refractivity contribution >= 4 is 39.5 Å². The molecular weight excluding hydrogens is 330 g/mol. The van der Waals surface area contributed by atoms with E-state index in [2.05, 4.69) is 31.9 Å². The number of hydrogen-bond acceptors (Lipinski definition) is 3. The van der Waals surface area contributed by atoms with Crippen LogP contribution in [0.25, 0.3) is 0 Å². The molecule has 3 amide bonds. The third kappa shape index (κ3) is 4.88. The highest BCUT2D eigenvalue weighted by molar-refractivity contribution is 9.10. The van der Waals surface area contributed by atoms with E-state index < -0.39 is 12.0 Å². The summed E-state index contributed by atoms with van der Waals surface area (Å²) in [6, 6.07) is 3.92. The highest BCUT2D eigenvalue weighted by Crippen LogP contribution is 2.21. The predicted molar refractivity (Wildman–Crippen MR) is 76.8 cm³/mol. The molecule has 0 heterocycles. The number of aromatic carboxylic acids is 1. The standard InChI is InChI=1S/C12H14BrN3O4/c1-14-10(17)4-5-15-12(20)16-9-3-2-7(13)6-8(9)11(18)19/h2-3,6H,4-5H2,1H3,(H,14,17)(H,18,19)(H2,15,16,20). The van der Waals surface area contributed by atoms with E-state index in [1.165, 1.54) is 19.2 Å². The number of halogens is 1. The van der Waals surface area contributed by atoms with Gasteiger partial charge in [-0.05, 0) is 18.2 Å². The Labute approximate surface area is 123 Å². The van der Waals surface area contributed by atoms with E-state index in [1.807, 2.05) is 0 Å². The van der Waals surface area contributed by atoms with Crippen molar-refractivity contribution in [2.75, 3.05) is 18.9 Å². The average Bonchev–Trinajstić information content (AvgIpc) is 2.40. The maximum Gasteiger partial charge on any atom is 0.337 e. The number of amides is 3. The number of rotatable bonds is 5. The molecular formula is C12H14BrN3O4. The molecule has 0 unspecified atom stereocenters. The predicted octanol–water partition coefficient (Wildman–Crippen LogP) is 1.40. The Morgan fingerprint density at radius 3 is 2.60 bits per heavy atom. The Balaban J connectivity index is 2.62. The Hall–Kier alpha value is -2.09. The van der Waals surface area contributed by atoms with Crippen LogP contribution in [0.15, 0.2) is 22.7 Å². The number of carboxylic acids is 1. The van der Waals surface area contributed by atoms with E-state index in [1.54, 1.807) is 6.07 Å². The first kappa shape index (κ1) is 16.0. The van der Waals surface area contributed by atoms with Gasteiger partial charge in [0.2, 0.25) is 5.91 Å². The minimum atomic E-state index is -1.15. The van der Waals surface area contributed by atoms with Crippen molar-refractivity contribution in [1.82, 2.24) is 10.6 Å². The van der Waals surface area contributed by atoms with Gasteiger partial charge < -0.3 is 21.1 Å². The van der Waals surface area contributed by atoms with Gasteiger partial charge >= 0.3 is 12.0 Å². The second-order valence-corrected chi connectivity index (χ2v) is 4.71. The molecule has 0 aromatic heterocycles. The van der Waals surface area contributed by atoms with Crippen LogP contribution in [0.2, 0.25) is 0 Å². The fourth-order valence-corrected chi connectivity index (χ4v) is 1.74. The molecule has 0 aliphatic rings. The van der Waals surface area contributed by atoms with Crippen LogP contribution in [0.5, 0.6) is 0 Å². The summed E-state index contributed by atoms with van der Waals surface area (Å²) in [4.78, 5) is 33.6. The number of nitrogens with one attached hydrogen (secondary N) is 3. The molecule has 7 nitrogen and oxygen atoms in total. The van der Waals surface area contributed by atoms with E-state index in [4.69, 9.17) is 5.11 Å². The summed E-state index contributed by atoms with van der Waals surface area (Å²) in [6.45, 7) is 0.157. The van der Waals surface area contributed by atoms with Crippen molar-refractivity contribution in [3.05, 3.63) is 28.2 Å². The third-order valence-electron chi connectivity index (χ3n) is 2.38. The van der Waals surface area contributed by atoms with Gasteiger partial charge in [0.15, 0.2) is 0 Å². The second-order valence-electron chi connectivity index (χ2n) is 3.80. The summed E-state index contributed by atoms with van der Waals surface area (Å²) < 4.78 is 0.598. The van der Waals surface area contributed by atoms with Gasteiger partial charge in [-0.1, -0.05) is 15.9 Å². The molecule has 0 atom stereocenters.